The number of phenolic OH excluding ortho intramolecular Hbond substituents is 1. The van der Waals surface area contributed by atoms with Crippen LogP contribution in [-0.4, -0.2) is 21.1 Å². The standard InChI is InChI=1S/C20H21N3O3S/c1-11-5-8-16-14(9-11)22-17(26-16)13-10-12(6-7-15(13)24)21-19(27)23-18(25)20(2,3)4/h5-10,24H,1-4H3,(H2,21,23,25,27). The SMILES string of the molecule is Cc1ccc2oc(-c3cc(NC(=S)NC(=O)C(C)(C)C)ccc3O)nc2c1. The first-order chi connectivity index (χ1) is 12.6. The van der Waals surface area contributed by atoms with Gasteiger partial charge in [0.15, 0.2) is 10.7 Å². The van der Waals surface area contributed by atoms with Crippen LogP contribution in [0.2, 0.25) is 0 Å². The number of rotatable bonds is 2. The van der Waals surface area contributed by atoms with Crippen LogP contribution in [-0.2, 0) is 4.79 Å². The highest BCUT2D eigenvalue weighted by Crippen LogP contribution is 2.33. The van der Waals surface area contributed by atoms with Crippen molar-refractivity contribution < 1.29 is 14.3 Å². The zero-order chi connectivity index (χ0) is 19.8. The molecule has 0 aliphatic carbocycles. The fourth-order valence-electron chi connectivity index (χ4n) is 2.39. The van der Waals surface area contributed by atoms with Gasteiger partial charge < -0.3 is 20.2 Å². The molecule has 7 heteroatoms. The third-order valence-electron chi connectivity index (χ3n) is 3.94. The van der Waals surface area contributed by atoms with Crippen LogP contribution in [0.3, 0.4) is 0 Å². The lowest BCUT2D eigenvalue weighted by Crippen LogP contribution is -2.41. The molecule has 1 amide bonds. The minimum absolute atomic E-state index is 0.0356. The predicted octanol–water partition coefficient (Wildman–Crippen LogP) is 4.37. The molecular formula is C20H21N3O3S. The number of amides is 1. The van der Waals surface area contributed by atoms with Crippen molar-refractivity contribution in [1.82, 2.24) is 10.3 Å². The van der Waals surface area contributed by atoms with Crippen LogP contribution >= 0.6 is 12.2 Å². The van der Waals surface area contributed by atoms with Crippen LogP contribution in [0.1, 0.15) is 26.3 Å². The molecule has 3 N–H and O–H groups in total. The number of carbonyl (C=O) groups excluding carboxylic acids is 1. The number of benzene rings is 2. The molecule has 27 heavy (non-hydrogen) atoms. The van der Waals surface area contributed by atoms with E-state index in [9.17, 15) is 9.90 Å². The number of thiocarbonyl (C=S) groups is 1. The van der Waals surface area contributed by atoms with E-state index in [1.165, 1.54) is 6.07 Å². The molecule has 0 unspecified atom stereocenters. The number of phenols is 1. The Kier molecular flexibility index (Phi) is 4.89. The van der Waals surface area contributed by atoms with Gasteiger partial charge in [0.1, 0.15) is 11.3 Å². The molecule has 2 aromatic carbocycles. The number of oxazole rings is 1. The van der Waals surface area contributed by atoms with Gasteiger partial charge in [-0.3, -0.25) is 4.79 Å². The molecule has 0 fully saturated rings. The Bertz CT molecular complexity index is 1030. The molecule has 3 aromatic rings. The summed E-state index contributed by atoms with van der Waals surface area (Å²) in [6, 6.07) is 10.5. The summed E-state index contributed by atoms with van der Waals surface area (Å²) < 4.78 is 5.76. The van der Waals surface area contributed by atoms with Crippen LogP contribution in [0.15, 0.2) is 40.8 Å². The van der Waals surface area contributed by atoms with Gasteiger partial charge in [0.25, 0.3) is 0 Å². The molecule has 0 saturated carbocycles. The third kappa shape index (κ3) is 4.25. The molecule has 0 atom stereocenters. The van der Waals surface area contributed by atoms with Gasteiger partial charge in [-0.15, -0.1) is 0 Å². The van der Waals surface area contributed by atoms with Gasteiger partial charge in [-0.1, -0.05) is 26.8 Å². The third-order valence-corrected chi connectivity index (χ3v) is 4.14. The van der Waals surface area contributed by atoms with Crippen molar-refractivity contribution in [2.45, 2.75) is 27.7 Å². The molecule has 0 aliphatic rings. The van der Waals surface area contributed by atoms with Crippen molar-refractivity contribution >= 4 is 40.0 Å². The maximum Gasteiger partial charge on any atom is 0.231 e. The van der Waals surface area contributed by atoms with E-state index >= 15 is 0 Å². The number of aryl methyl sites for hydroxylation is 1. The summed E-state index contributed by atoms with van der Waals surface area (Å²) in [5.74, 6) is 0.156. The van der Waals surface area contributed by atoms with Gasteiger partial charge in [-0.25, -0.2) is 4.98 Å². The number of hydrogen-bond acceptors (Lipinski definition) is 5. The molecule has 1 heterocycles. The average molecular weight is 383 g/mol. The quantitative estimate of drug-likeness (QED) is 0.450. The van der Waals surface area contributed by atoms with Crippen molar-refractivity contribution in [3.63, 3.8) is 0 Å². The van der Waals surface area contributed by atoms with Crippen molar-refractivity contribution in [3.8, 4) is 17.2 Å². The lowest BCUT2D eigenvalue weighted by molar-refractivity contribution is -0.126. The number of anilines is 1. The Morgan fingerprint density at radius 3 is 2.63 bits per heavy atom. The molecule has 140 valence electrons. The zero-order valence-corrected chi connectivity index (χ0v) is 16.4. The molecule has 0 aliphatic heterocycles. The van der Waals surface area contributed by atoms with Crippen LogP contribution < -0.4 is 10.6 Å². The highest BCUT2D eigenvalue weighted by molar-refractivity contribution is 7.80. The Hall–Kier alpha value is -2.93. The summed E-state index contributed by atoms with van der Waals surface area (Å²) in [5.41, 5.74) is 2.90. The van der Waals surface area contributed by atoms with Gasteiger partial charge in [0.05, 0.1) is 5.56 Å². The first-order valence-corrected chi connectivity index (χ1v) is 8.87. The van der Waals surface area contributed by atoms with Gasteiger partial charge >= 0.3 is 0 Å². The number of nitrogens with zero attached hydrogens (tertiary/aromatic N) is 1. The number of aromatic nitrogens is 1. The summed E-state index contributed by atoms with van der Waals surface area (Å²) in [4.78, 5) is 16.5. The Morgan fingerprint density at radius 1 is 1.19 bits per heavy atom. The lowest BCUT2D eigenvalue weighted by Gasteiger charge is -2.18. The largest absolute Gasteiger partial charge is 0.507 e. The highest BCUT2D eigenvalue weighted by atomic mass is 32.1. The maximum absolute atomic E-state index is 12.0. The summed E-state index contributed by atoms with van der Waals surface area (Å²) in [5, 5.41) is 16.0. The first-order valence-electron chi connectivity index (χ1n) is 8.46. The highest BCUT2D eigenvalue weighted by Gasteiger charge is 2.22. The fraction of sp³-hybridized carbons (Fsp3) is 0.250. The Morgan fingerprint density at radius 2 is 1.93 bits per heavy atom. The predicted molar refractivity (Wildman–Crippen MR) is 110 cm³/mol. The van der Waals surface area contributed by atoms with Crippen molar-refractivity contribution in [2.75, 3.05) is 5.32 Å². The number of fused-ring (bicyclic) bond motifs is 1. The van der Waals surface area contributed by atoms with E-state index in [1.54, 1.807) is 32.9 Å². The van der Waals surface area contributed by atoms with E-state index in [4.69, 9.17) is 16.6 Å². The second kappa shape index (κ2) is 7.00. The van der Waals surface area contributed by atoms with Crippen molar-refractivity contribution in [2.24, 2.45) is 5.41 Å². The number of hydrogen-bond donors (Lipinski definition) is 3. The number of aromatic hydroxyl groups is 1. The molecule has 0 bridgehead atoms. The van der Waals surface area contributed by atoms with Crippen LogP contribution in [0.4, 0.5) is 5.69 Å². The van der Waals surface area contributed by atoms with Gasteiger partial charge in [-0.2, -0.15) is 0 Å². The van der Waals surface area contributed by atoms with E-state index in [0.29, 0.717) is 22.7 Å². The summed E-state index contributed by atoms with van der Waals surface area (Å²) in [6.07, 6.45) is 0. The normalized spacial score (nSPS) is 11.4. The van der Waals surface area contributed by atoms with Gasteiger partial charge in [-0.05, 0) is 55.0 Å². The minimum Gasteiger partial charge on any atom is -0.507 e. The van der Waals surface area contributed by atoms with Crippen LogP contribution in [0.25, 0.3) is 22.6 Å². The van der Waals surface area contributed by atoms with E-state index in [1.807, 2.05) is 25.1 Å². The van der Waals surface area contributed by atoms with E-state index in [-0.39, 0.29) is 16.8 Å². The summed E-state index contributed by atoms with van der Waals surface area (Å²) >= 11 is 5.20. The van der Waals surface area contributed by atoms with E-state index < -0.39 is 5.41 Å². The lowest BCUT2D eigenvalue weighted by atomic mass is 9.96. The second-order valence-electron chi connectivity index (χ2n) is 7.38. The van der Waals surface area contributed by atoms with Gasteiger partial charge in [0.2, 0.25) is 11.8 Å². The average Bonchev–Trinajstić information content (AvgIpc) is 2.98. The van der Waals surface area contributed by atoms with Crippen molar-refractivity contribution in [3.05, 3.63) is 42.0 Å². The minimum atomic E-state index is -0.553. The molecule has 3 rings (SSSR count). The number of nitrogens with one attached hydrogen (secondary N) is 2. The van der Waals surface area contributed by atoms with E-state index in [0.717, 1.165) is 11.1 Å². The smallest absolute Gasteiger partial charge is 0.231 e. The summed E-state index contributed by atoms with van der Waals surface area (Å²) in [7, 11) is 0. The van der Waals surface area contributed by atoms with Crippen LogP contribution in [0, 0.1) is 12.3 Å². The fourth-order valence-corrected chi connectivity index (χ4v) is 2.60. The molecule has 1 aromatic heterocycles. The van der Waals surface area contributed by atoms with E-state index in [2.05, 4.69) is 15.6 Å². The number of carbonyl (C=O) groups is 1. The zero-order valence-electron chi connectivity index (χ0n) is 15.6. The van der Waals surface area contributed by atoms with Gasteiger partial charge in [0, 0.05) is 11.1 Å². The monoisotopic (exact) mass is 383 g/mol. The Labute approximate surface area is 162 Å². The molecule has 0 spiro atoms. The van der Waals surface area contributed by atoms with Crippen molar-refractivity contribution in [1.29, 1.82) is 0 Å². The molecule has 0 radical (unpaired) electrons. The maximum atomic E-state index is 12.0. The van der Waals surface area contributed by atoms with Crippen LogP contribution in [0.5, 0.6) is 5.75 Å². The molecular weight excluding hydrogens is 362 g/mol. The second-order valence-corrected chi connectivity index (χ2v) is 7.79. The summed E-state index contributed by atoms with van der Waals surface area (Å²) in [6.45, 7) is 7.39. The Balaban J connectivity index is 1.85. The first kappa shape index (κ1) is 18.8. The molecule has 0 saturated heterocycles. The molecule has 6 nitrogen and oxygen atoms in total. The topological polar surface area (TPSA) is 87.4 Å².